The van der Waals surface area contributed by atoms with Crippen LogP contribution in [0.4, 0.5) is 0 Å². The van der Waals surface area contributed by atoms with Gasteiger partial charge in [0.05, 0.1) is 6.20 Å². The van der Waals surface area contributed by atoms with E-state index in [4.69, 9.17) is 5.11 Å². The van der Waals surface area contributed by atoms with Gasteiger partial charge in [-0.2, -0.15) is 9.40 Å². The van der Waals surface area contributed by atoms with E-state index in [1.54, 1.807) is 15.2 Å². The van der Waals surface area contributed by atoms with Gasteiger partial charge in [-0.3, -0.25) is 4.68 Å². The van der Waals surface area contributed by atoms with Gasteiger partial charge in [0.15, 0.2) is 0 Å². The molecule has 6 nitrogen and oxygen atoms in total. The van der Waals surface area contributed by atoms with E-state index in [0.717, 1.165) is 32.1 Å². The van der Waals surface area contributed by atoms with E-state index in [9.17, 15) is 8.42 Å². The van der Waals surface area contributed by atoms with E-state index >= 15 is 0 Å². The topological polar surface area (TPSA) is 75.4 Å². The summed E-state index contributed by atoms with van der Waals surface area (Å²) in [7, 11) is -3.45. The van der Waals surface area contributed by atoms with E-state index in [0.29, 0.717) is 19.5 Å². The summed E-state index contributed by atoms with van der Waals surface area (Å²) >= 11 is 0. The van der Waals surface area contributed by atoms with Crippen LogP contribution in [0.3, 0.4) is 0 Å². The molecule has 0 radical (unpaired) electrons. The quantitative estimate of drug-likeness (QED) is 0.829. The number of aryl methyl sites for hydroxylation is 1. The Labute approximate surface area is 126 Å². The fourth-order valence-electron chi connectivity index (χ4n) is 2.88. The summed E-state index contributed by atoms with van der Waals surface area (Å²) in [6.45, 7) is 3.30. The van der Waals surface area contributed by atoms with Crippen LogP contribution in [0.1, 0.15) is 45.4 Å². The van der Waals surface area contributed by atoms with Crippen LogP contribution < -0.4 is 0 Å². The van der Waals surface area contributed by atoms with Gasteiger partial charge in [-0.15, -0.1) is 0 Å². The number of aliphatic hydroxyl groups is 1. The molecule has 1 aliphatic rings. The first kappa shape index (κ1) is 16.5. The molecule has 2 rings (SSSR count). The molecule has 21 heavy (non-hydrogen) atoms. The minimum absolute atomic E-state index is 0.0760. The Bertz CT molecular complexity index is 539. The Morgan fingerprint density at radius 1 is 1.43 bits per heavy atom. The number of hydrogen-bond donors (Lipinski definition) is 1. The van der Waals surface area contributed by atoms with Crippen molar-refractivity contribution in [2.24, 2.45) is 0 Å². The lowest BCUT2D eigenvalue weighted by atomic mass is 10.0. The average Bonchev–Trinajstić information content (AvgIpc) is 2.95. The van der Waals surface area contributed by atoms with E-state index in [1.165, 1.54) is 6.20 Å². The van der Waals surface area contributed by atoms with E-state index < -0.39 is 10.0 Å². The summed E-state index contributed by atoms with van der Waals surface area (Å²) in [5, 5.41) is 12.9. The molecule has 1 aromatic heterocycles. The second-order valence-corrected chi connectivity index (χ2v) is 7.46. The van der Waals surface area contributed by atoms with Gasteiger partial charge in [-0.05, 0) is 25.7 Å². The molecule has 120 valence electrons. The van der Waals surface area contributed by atoms with Crippen molar-refractivity contribution in [3.05, 3.63) is 12.4 Å². The van der Waals surface area contributed by atoms with Crippen LogP contribution in [0.25, 0.3) is 0 Å². The average molecular weight is 315 g/mol. The number of sulfonamides is 1. The van der Waals surface area contributed by atoms with Crippen LogP contribution in [0.5, 0.6) is 0 Å². The highest BCUT2D eigenvalue weighted by molar-refractivity contribution is 7.89. The molecule has 1 fully saturated rings. The first-order valence-corrected chi connectivity index (χ1v) is 9.18. The van der Waals surface area contributed by atoms with Gasteiger partial charge in [0.25, 0.3) is 0 Å². The van der Waals surface area contributed by atoms with Gasteiger partial charge in [0.2, 0.25) is 10.0 Å². The zero-order chi connectivity index (χ0) is 15.3. The highest BCUT2D eigenvalue weighted by atomic mass is 32.2. The van der Waals surface area contributed by atoms with Gasteiger partial charge in [-0.25, -0.2) is 8.42 Å². The molecule has 1 N–H and O–H groups in total. The Morgan fingerprint density at radius 3 is 2.95 bits per heavy atom. The number of aromatic nitrogens is 2. The smallest absolute Gasteiger partial charge is 0.246 e. The third-order valence-corrected chi connectivity index (χ3v) is 5.86. The number of nitrogens with zero attached hydrogens (tertiary/aromatic N) is 3. The van der Waals surface area contributed by atoms with Crippen LogP contribution in [-0.2, 0) is 16.6 Å². The Kier molecular flexibility index (Phi) is 5.78. The Hall–Kier alpha value is -0.920. The van der Waals surface area contributed by atoms with E-state index in [1.807, 2.05) is 0 Å². The highest BCUT2D eigenvalue weighted by Crippen LogP contribution is 2.27. The number of rotatable bonds is 7. The predicted octanol–water partition coefficient (Wildman–Crippen LogP) is 1.61. The molecule has 7 heteroatoms. The maximum atomic E-state index is 12.8. The normalized spacial score (nSPS) is 20.8. The Balaban J connectivity index is 2.17. The van der Waals surface area contributed by atoms with Gasteiger partial charge >= 0.3 is 0 Å². The number of piperidine rings is 1. The molecule has 0 aliphatic carbocycles. The molecular weight excluding hydrogens is 290 g/mol. The lowest BCUT2D eigenvalue weighted by Crippen LogP contribution is -2.43. The Morgan fingerprint density at radius 2 is 2.24 bits per heavy atom. The van der Waals surface area contributed by atoms with E-state index in [-0.39, 0.29) is 17.5 Å². The first-order valence-electron chi connectivity index (χ1n) is 7.74. The molecule has 0 aromatic carbocycles. The summed E-state index contributed by atoms with van der Waals surface area (Å²) in [5.41, 5.74) is 0. The van der Waals surface area contributed by atoms with Gasteiger partial charge in [0, 0.05) is 31.9 Å². The maximum Gasteiger partial charge on any atom is 0.246 e. The molecule has 0 spiro atoms. The third-order valence-electron chi connectivity index (χ3n) is 3.96. The van der Waals surface area contributed by atoms with Crippen molar-refractivity contribution in [3.8, 4) is 0 Å². The zero-order valence-electron chi connectivity index (χ0n) is 12.6. The van der Waals surface area contributed by atoms with Crippen molar-refractivity contribution in [3.63, 3.8) is 0 Å². The second-order valence-electron chi connectivity index (χ2n) is 5.57. The standard InChI is InChI=1S/C14H25N3O3S/c1-2-6-13-7-3-4-9-17(13)21(19,20)14-11-15-16(12-14)8-5-10-18/h11-13,18H,2-10H2,1H3. The molecule has 1 saturated heterocycles. The molecule has 0 bridgehead atoms. The monoisotopic (exact) mass is 315 g/mol. The van der Waals surface area contributed by atoms with Crippen LogP contribution in [0.15, 0.2) is 17.3 Å². The van der Waals surface area contributed by atoms with Gasteiger partial charge in [-0.1, -0.05) is 19.8 Å². The minimum atomic E-state index is -3.45. The van der Waals surface area contributed by atoms with Crippen molar-refractivity contribution in [2.45, 2.75) is 62.9 Å². The molecule has 1 aromatic rings. The fraction of sp³-hybridized carbons (Fsp3) is 0.786. The SMILES string of the molecule is CCCC1CCCCN1S(=O)(=O)c1cnn(CCCO)c1. The zero-order valence-corrected chi connectivity index (χ0v) is 13.4. The van der Waals surface area contributed by atoms with Crippen LogP contribution in [0, 0.1) is 0 Å². The van der Waals surface area contributed by atoms with Crippen molar-refractivity contribution >= 4 is 10.0 Å². The van der Waals surface area contributed by atoms with Crippen molar-refractivity contribution < 1.29 is 13.5 Å². The first-order chi connectivity index (χ1) is 10.1. The highest BCUT2D eigenvalue weighted by Gasteiger charge is 2.33. The molecular formula is C14H25N3O3S. The van der Waals surface area contributed by atoms with Crippen molar-refractivity contribution in [1.29, 1.82) is 0 Å². The molecule has 0 amide bonds. The summed E-state index contributed by atoms with van der Waals surface area (Å²) < 4.78 is 28.8. The van der Waals surface area contributed by atoms with E-state index in [2.05, 4.69) is 12.0 Å². The van der Waals surface area contributed by atoms with Crippen molar-refractivity contribution in [2.75, 3.05) is 13.2 Å². The summed E-state index contributed by atoms with van der Waals surface area (Å²) in [5.74, 6) is 0. The van der Waals surface area contributed by atoms with Gasteiger partial charge < -0.3 is 5.11 Å². The molecule has 1 atom stereocenters. The lowest BCUT2D eigenvalue weighted by Gasteiger charge is -2.34. The maximum absolute atomic E-state index is 12.8. The predicted molar refractivity (Wildman–Crippen MR) is 80.4 cm³/mol. The third kappa shape index (κ3) is 3.84. The summed E-state index contributed by atoms with van der Waals surface area (Å²) in [4.78, 5) is 0.267. The minimum Gasteiger partial charge on any atom is -0.396 e. The molecule has 2 heterocycles. The second kappa shape index (κ2) is 7.38. The number of hydrogen-bond acceptors (Lipinski definition) is 4. The lowest BCUT2D eigenvalue weighted by molar-refractivity contribution is 0.239. The van der Waals surface area contributed by atoms with Crippen molar-refractivity contribution in [1.82, 2.24) is 14.1 Å². The largest absolute Gasteiger partial charge is 0.396 e. The van der Waals surface area contributed by atoms with Crippen LogP contribution in [0.2, 0.25) is 0 Å². The summed E-state index contributed by atoms with van der Waals surface area (Å²) in [6, 6.07) is 0.120. The molecule has 1 unspecified atom stereocenters. The fourth-order valence-corrected chi connectivity index (χ4v) is 4.56. The van der Waals surface area contributed by atoms with Crippen LogP contribution in [-0.4, -0.2) is 46.8 Å². The van der Waals surface area contributed by atoms with Gasteiger partial charge in [0.1, 0.15) is 4.90 Å². The van der Waals surface area contributed by atoms with Crippen LogP contribution >= 0.6 is 0 Å². The molecule has 0 saturated carbocycles. The summed E-state index contributed by atoms with van der Waals surface area (Å²) in [6.07, 6.45) is 8.46. The number of aliphatic hydroxyl groups excluding tert-OH is 1. The molecule has 1 aliphatic heterocycles.